The predicted octanol–water partition coefficient (Wildman–Crippen LogP) is 2.63. The summed E-state index contributed by atoms with van der Waals surface area (Å²) in [6, 6.07) is 16.0. The molecule has 0 unspecified atom stereocenters. The van der Waals surface area contributed by atoms with Crippen LogP contribution in [0.1, 0.15) is 18.9 Å². The predicted molar refractivity (Wildman–Crippen MR) is 104 cm³/mol. The number of hydrogen-bond acceptors (Lipinski definition) is 4. The van der Waals surface area contributed by atoms with Crippen molar-refractivity contribution in [1.29, 1.82) is 0 Å². The van der Waals surface area contributed by atoms with Crippen molar-refractivity contribution in [2.24, 2.45) is 0 Å². The summed E-state index contributed by atoms with van der Waals surface area (Å²) < 4.78 is 10.8. The van der Waals surface area contributed by atoms with E-state index in [-0.39, 0.29) is 18.4 Å². The highest BCUT2D eigenvalue weighted by molar-refractivity contribution is 5.88. The second-order valence-corrected chi connectivity index (χ2v) is 6.01. The fraction of sp³-hybridized carbons (Fsp3) is 0.333. The van der Waals surface area contributed by atoms with Gasteiger partial charge < -0.3 is 19.7 Å². The summed E-state index contributed by atoms with van der Waals surface area (Å²) in [6.45, 7) is 2.03. The Morgan fingerprint density at radius 3 is 2.41 bits per heavy atom. The third kappa shape index (κ3) is 5.74. The zero-order valence-corrected chi connectivity index (χ0v) is 16.0. The maximum atomic E-state index is 12.9. The van der Waals surface area contributed by atoms with Crippen LogP contribution in [0.25, 0.3) is 0 Å². The van der Waals surface area contributed by atoms with E-state index in [1.165, 1.54) is 0 Å². The van der Waals surface area contributed by atoms with E-state index in [2.05, 4.69) is 5.32 Å². The second kappa shape index (κ2) is 10.2. The van der Waals surface area contributed by atoms with Crippen LogP contribution in [0.15, 0.2) is 54.6 Å². The Hall–Kier alpha value is -3.02. The molecular weight excluding hydrogens is 344 g/mol. The smallest absolute Gasteiger partial charge is 0.261 e. The van der Waals surface area contributed by atoms with E-state index in [0.29, 0.717) is 24.5 Å². The number of rotatable bonds is 9. The van der Waals surface area contributed by atoms with E-state index >= 15 is 0 Å². The molecule has 0 aliphatic rings. The zero-order valence-electron chi connectivity index (χ0n) is 16.0. The average Bonchev–Trinajstić information content (AvgIpc) is 2.72. The van der Waals surface area contributed by atoms with E-state index in [0.717, 1.165) is 5.56 Å². The van der Waals surface area contributed by atoms with Crippen molar-refractivity contribution in [3.8, 4) is 11.5 Å². The third-order valence-electron chi connectivity index (χ3n) is 4.22. The van der Waals surface area contributed by atoms with E-state index in [1.54, 1.807) is 31.2 Å². The summed E-state index contributed by atoms with van der Waals surface area (Å²) in [4.78, 5) is 26.7. The molecule has 6 nitrogen and oxygen atoms in total. The van der Waals surface area contributed by atoms with Gasteiger partial charge in [0.2, 0.25) is 5.91 Å². The Kier molecular flexibility index (Phi) is 7.67. The number of nitrogens with one attached hydrogen (secondary N) is 1. The highest BCUT2D eigenvalue weighted by Gasteiger charge is 2.28. The molecule has 1 N–H and O–H groups in total. The van der Waals surface area contributed by atoms with Gasteiger partial charge in [-0.25, -0.2) is 0 Å². The van der Waals surface area contributed by atoms with Crippen LogP contribution in [-0.2, 0) is 16.1 Å². The molecular formula is C21H26N2O4. The number of amides is 2. The molecule has 27 heavy (non-hydrogen) atoms. The number of hydrogen-bond donors (Lipinski definition) is 1. The standard InChI is InChI=1S/C21H26N2O4/c1-4-19(21(25)22-2)23(14-16-9-8-12-18(13-16)26-3)20(24)15-27-17-10-6-5-7-11-17/h5-13,19H,4,14-15H2,1-3H3,(H,22,25)/t19-/m0/s1. The van der Waals surface area contributed by atoms with E-state index < -0.39 is 6.04 Å². The van der Waals surface area contributed by atoms with Gasteiger partial charge in [0.05, 0.1) is 7.11 Å². The molecule has 0 radical (unpaired) electrons. The van der Waals surface area contributed by atoms with Gasteiger partial charge in [-0.05, 0) is 36.2 Å². The SMILES string of the molecule is CC[C@@H](C(=O)NC)N(Cc1cccc(OC)c1)C(=O)COc1ccccc1. The first kappa shape index (κ1) is 20.3. The van der Waals surface area contributed by atoms with Gasteiger partial charge in [-0.2, -0.15) is 0 Å². The summed E-state index contributed by atoms with van der Waals surface area (Å²) in [5.41, 5.74) is 0.879. The highest BCUT2D eigenvalue weighted by Crippen LogP contribution is 2.18. The van der Waals surface area contributed by atoms with E-state index in [1.807, 2.05) is 49.4 Å². The first-order valence-corrected chi connectivity index (χ1v) is 8.90. The minimum Gasteiger partial charge on any atom is -0.497 e. The molecule has 0 spiro atoms. The van der Waals surface area contributed by atoms with Gasteiger partial charge in [0, 0.05) is 13.6 Å². The first-order chi connectivity index (χ1) is 13.1. The maximum Gasteiger partial charge on any atom is 0.261 e. The Bertz CT molecular complexity index is 749. The Morgan fingerprint density at radius 1 is 1.07 bits per heavy atom. The monoisotopic (exact) mass is 370 g/mol. The highest BCUT2D eigenvalue weighted by atomic mass is 16.5. The van der Waals surface area contributed by atoms with Crippen molar-refractivity contribution in [3.05, 3.63) is 60.2 Å². The van der Waals surface area contributed by atoms with Crippen LogP contribution in [0.4, 0.5) is 0 Å². The number of carbonyl (C=O) groups excluding carboxylic acids is 2. The summed E-state index contributed by atoms with van der Waals surface area (Å²) in [5, 5.41) is 2.64. The van der Waals surface area contributed by atoms with Gasteiger partial charge in [0.15, 0.2) is 6.61 Å². The molecule has 0 heterocycles. The summed E-state index contributed by atoms with van der Waals surface area (Å²) in [7, 11) is 3.16. The number of likely N-dealkylation sites (N-methyl/N-ethyl adjacent to an activating group) is 1. The van der Waals surface area contributed by atoms with Crippen LogP contribution < -0.4 is 14.8 Å². The fourth-order valence-electron chi connectivity index (χ4n) is 2.80. The number of nitrogens with zero attached hydrogens (tertiary/aromatic N) is 1. The van der Waals surface area contributed by atoms with Gasteiger partial charge in [0.25, 0.3) is 5.91 Å². The van der Waals surface area contributed by atoms with Crippen molar-refractivity contribution in [1.82, 2.24) is 10.2 Å². The van der Waals surface area contributed by atoms with Crippen LogP contribution in [-0.4, -0.2) is 43.5 Å². The Labute approximate surface area is 160 Å². The number of carbonyl (C=O) groups is 2. The summed E-state index contributed by atoms with van der Waals surface area (Å²) >= 11 is 0. The second-order valence-electron chi connectivity index (χ2n) is 6.01. The molecule has 144 valence electrons. The van der Waals surface area contributed by atoms with E-state index in [4.69, 9.17) is 9.47 Å². The first-order valence-electron chi connectivity index (χ1n) is 8.90. The Morgan fingerprint density at radius 2 is 1.78 bits per heavy atom. The molecule has 6 heteroatoms. The van der Waals surface area contributed by atoms with Crippen molar-refractivity contribution in [2.75, 3.05) is 20.8 Å². The quantitative estimate of drug-likeness (QED) is 0.737. The normalized spacial score (nSPS) is 11.4. The van der Waals surface area contributed by atoms with Crippen LogP contribution >= 0.6 is 0 Å². The van der Waals surface area contributed by atoms with Gasteiger partial charge in [-0.3, -0.25) is 9.59 Å². The molecule has 0 bridgehead atoms. The van der Waals surface area contributed by atoms with E-state index in [9.17, 15) is 9.59 Å². The van der Waals surface area contributed by atoms with Crippen LogP contribution in [0.5, 0.6) is 11.5 Å². The summed E-state index contributed by atoms with van der Waals surface area (Å²) in [5.74, 6) is 0.860. The molecule has 0 aliphatic carbocycles. The van der Waals surface area contributed by atoms with Gasteiger partial charge in [0.1, 0.15) is 17.5 Å². The molecule has 2 amide bonds. The molecule has 0 saturated heterocycles. The average molecular weight is 370 g/mol. The van der Waals surface area contributed by atoms with Crippen LogP contribution in [0.2, 0.25) is 0 Å². The molecule has 0 fully saturated rings. The van der Waals surface area contributed by atoms with Crippen molar-refractivity contribution < 1.29 is 19.1 Å². The fourth-order valence-corrected chi connectivity index (χ4v) is 2.80. The molecule has 2 aromatic rings. The van der Waals surface area contributed by atoms with Crippen LogP contribution in [0, 0.1) is 0 Å². The minimum atomic E-state index is -0.576. The van der Waals surface area contributed by atoms with Gasteiger partial charge in [-0.1, -0.05) is 37.3 Å². The lowest BCUT2D eigenvalue weighted by Gasteiger charge is -2.30. The van der Waals surface area contributed by atoms with Gasteiger partial charge >= 0.3 is 0 Å². The molecule has 0 saturated carbocycles. The summed E-state index contributed by atoms with van der Waals surface area (Å²) in [6.07, 6.45) is 0.501. The number of methoxy groups -OCH3 is 1. The molecule has 0 aromatic heterocycles. The molecule has 1 atom stereocenters. The topological polar surface area (TPSA) is 67.9 Å². The lowest BCUT2D eigenvalue weighted by atomic mass is 10.1. The minimum absolute atomic E-state index is 0.137. The van der Waals surface area contributed by atoms with Crippen molar-refractivity contribution in [2.45, 2.75) is 25.9 Å². The van der Waals surface area contributed by atoms with Crippen molar-refractivity contribution in [3.63, 3.8) is 0 Å². The molecule has 2 aromatic carbocycles. The number of ether oxygens (including phenoxy) is 2. The maximum absolute atomic E-state index is 12.9. The molecule has 2 rings (SSSR count). The molecule has 0 aliphatic heterocycles. The zero-order chi connectivity index (χ0) is 19.6. The van der Waals surface area contributed by atoms with Crippen LogP contribution in [0.3, 0.4) is 0 Å². The lowest BCUT2D eigenvalue weighted by molar-refractivity contribution is -0.142. The third-order valence-corrected chi connectivity index (χ3v) is 4.22. The van der Waals surface area contributed by atoms with Crippen molar-refractivity contribution >= 4 is 11.8 Å². The van der Waals surface area contributed by atoms with Gasteiger partial charge in [-0.15, -0.1) is 0 Å². The number of para-hydroxylation sites is 1. The lowest BCUT2D eigenvalue weighted by Crippen LogP contribution is -2.49. The Balaban J connectivity index is 2.19. The number of benzene rings is 2. The largest absolute Gasteiger partial charge is 0.497 e.